The molecule has 0 spiro atoms. The van der Waals surface area contributed by atoms with Gasteiger partial charge in [-0.3, -0.25) is 0 Å². The molecule has 0 N–H and O–H groups in total. The molecule has 26 heavy (non-hydrogen) atoms. The first-order chi connectivity index (χ1) is 10.2. The molecule has 0 aromatic heterocycles. The molecular weight excluding hydrogens is 388 g/mol. The molecule has 2 aromatic carbocycles. The van der Waals surface area contributed by atoms with Crippen molar-refractivity contribution in [3.05, 3.63) is 46.5 Å². The van der Waals surface area contributed by atoms with Crippen LogP contribution in [-0.2, 0) is 0 Å². The van der Waals surface area contributed by atoms with Gasteiger partial charge in [0.1, 0.15) is 0 Å². The summed E-state index contributed by atoms with van der Waals surface area (Å²) in [5.74, 6) is -7.38. The van der Waals surface area contributed by atoms with Crippen molar-refractivity contribution in [2.24, 2.45) is 0 Å². The summed E-state index contributed by atoms with van der Waals surface area (Å²) in [7, 11) is 0. The number of hydrogen-bond donors (Lipinski definition) is 0. The second-order valence-electron chi connectivity index (χ2n) is 4.26. The topological polar surface area (TPSA) is 161 Å². The third-order valence-corrected chi connectivity index (χ3v) is 3.00. The van der Waals surface area contributed by atoms with Gasteiger partial charge in [-0.15, -0.1) is 0 Å². The fraction of sp³-hybridized carbons (Fsp3) is 0. The number of aromatic carboxylic acids is 4. The van der Waals surface area contributed by atoms with Gasteiger partial charge in [-0.05, 0) is 23.1 Å². The normalized spacial score (nSPS) is 8.77. The van der Waals surface area contributed by atoms with Crippen LogP contribution in [0.25, 0.3) is 10.8 Å². The Kier molecular flexibility index (Phi) is 15.5. The maximum absolute atomic E-state index is 11.2. The van der Waals surface area contributed by atoms with Crippen molar-refractivity contribution in [1.82, 2.24) is 0 Å². The quantitative estimate of drug-likeness (QED) is 0.464. The number of rotatable bonds is 4. The van der Waals surface area contributed by atoms with Crippen LogP contribution in [0, 0.1) is 0 Å². The molecule has 12 heteroatoms. The summed E-state index contributed by atoms with van der Waals surface area (Å²) in [5, 5.41) is 43.5. The molecular formula is C14H4Na4O8. The van der Waals surface area contributed by atoms with Crippen LogP contribution in [0.3, 0.4) is 0 Å². The van der Waals surface area contributed by atoms with Gasteiger partial charge >= 0.3 is 118 Å². The van der Waals surface area contributed by atoms with Gasteiger partial charge in [0, 0.05) is 22.1 Å². The standard InChI is InChI=1S/C14H8O8.4Na/c15-11(16)6-3-5-1-2-7(12(17)18)10(14(21)22)9(5)8(4-6)13(19)20;;;;/h1-4H,(H,15,16)(H,17,18)(H,19,20)(H,21,22);;;;/q;4*+1/p-4. The van der Waals surface area contributed by atoms with E-state index in [9.17, 15) is 39.6 Å². The van der Waals surface area contributed by atoms with Gasteiger partial charge in [-0.1, -0.05) is 12.1 Å². The van der Waals surface area contributed by atoms with E-state index in [1.165, 1.54) is 0 Å². The fourth-order valence-corrected chi connectivity index (χ4v) is 2.13. The third-order valence-electron chi connectivity index (χ3n) is 3.00. The number of benzene rings is 2. The molecule has 0 fully saturated rings. The van der Waals surface area contributed by atoms with E-state index >= 15 is 0 Å². The molecule has 8 nitrogen and oxygen atoms in total. The van der Waals surface area contributed by atoms with E-state index in [1.54, 1.807) is 0 Å². The maximum Gasteiger partial charge on any atom is 1.00 e. The largest absolute Gasteiger partial charge is 1.00 e. The van der Waals surface area contributed by atoms with Crippen molar-refractivity contribution in [3.8, 4) is 0 Å². The summed E-state index contributed by atoms with van der Waals surface area (Å²) < 4.78 is 0. The molecule has 0 atom stereocenters. The molecule has 0 aliphatic carbocycles. The number of carboxylic acid groups (broad SMARTS) is 4. The van der Waals surface area contributed by atoms with Crippen molar-refractivity contribution in [3.63, 3.8) is 0 Å². The van der Waals surface area contributed by atoms with Gasteiger partial charge in [-0.25, -0.2) is 0 Å². The van der Waals surface area contributed by atoms with E-state index in [0.29, 0.717) is 6.07 Å². The van der Waals surface area contributed by atoms with Crippen LogP contribution in [0.2, 0.25) is 0 Å². The molecule has 0 unspecified atom stereocenters. The van der Waals surface area contributed by atoms with Gasteiger partial charge in [0.25, 0.3) is 0 Å². The molecule has 0 bridgehead atoms. The number of carbonyl (C=O) groups excluding carboxylic acids is 4. The molecule has 0 saturated carbocycles. The van der Waals surface area contributed by atoms with Crippen LogP contribution in [0.1, 0.15) is 41.4 Å². The van der Waals surface area contributed by atoms with Crippen molar-refractivity contribution >= 4 is 34.6 Å². The molecule has 112 valence electrons. The Morgan fingerprint density at radius 1 is 0.615 bits per heavy atom. The third kappa shape index (κ3) is 6.58. The summed E-state index contributed by atoms with van der Waals surface area (Å²) in [4.78, 5) is 44.1. The van der Waals surface area contributed by atoms with Crippen LogP contribution in [0.4, 0.5) is 0 Å². The second kappa shape index (κ2) is 12.9. The zero-order valence-electron chi connectivity index (χ0n) is 14.6. The number of carbonyl (C=O) groups is 4. The smallest absolute Gasteiger partial charge is 0.545 e. The summed E-state index contributed by atoms with van der Waals surface area (Å²) in [6, 6.07) is 3.47. The van der Waals surface area contributed by atoms with E-state index in [-0.39, 0.29) is 124 Å². The van der Waals surface area contributed by atoms with E-state index in [1.807, 2.05) is 0 Å². The molecule has 0 aliphatic heterocycles. The Bertz CT molecular complexity index is 866. The molecule has 0 saturated heterocycles. The Morgan fingerprint density at radius 2 is 1.12 bits per heavy atom. The van der Waals surface area contributed by atoms with Crippen molar-refractivity contribution in [1.29, 1.82) is 0 Å². The predicted molar refractivity (Wildman–Crippen MR) is 61.3 cm³/mol. The number of carboxylic acids is 4. The van der Waals surface area contributed by atoms with E-state index in [0.717, 1.165) is 18.2 Å². The Balaban J connectivity index is -0.00000132. The second-order valence-corrected chi connectivity index (χ2v) is 4.26. The van der Waals surface area contributed by atoms with Crippen molar-refractivity contribution < 1.29 is 158 Å². The van der Waals surface area contributed by atoms with Gasteiger partial charge in [0.15, 0.2) is 0 Å². The first-order valence-electron chi connectivity index (χ1n) is 5.70. The average Bonchev–Trinajstić information content (AvgIpc) is 2.43. The minimum atomic E-state index is -1.95. The van der Waals surface area contributed by atoms with Gasteiger partial charge < -0.3 is 39.6 Å². The van der Waals surface area contributed by atoms with Gasteiger partial charge in [0.2, 0.25) is 0 Å². The Hall–Kier alpha value is 0.580. The molecule has 0 amide bonds. The zero-order chi connectivity index (χ0) is 16.6. The van der Waals surface area contributed by atoms with Crippen LogP contribution in [-0.4, -0.2) is 23.9 Å². The maximum atomic E-state index is 11.2. The summed E-state index contributed by atoms with van der Waals surface area (Å²) in [6.07, 6.45) is 0. The van der Waals surface area contributed by atoms with Crippen LogP contribution in [0.15, 0.2) is 24.3 Å². The van der Waals surface area contributed by atoms with Gasteiger partial charge in [0.05, 0.1) is 23.9 Å². The Morgan fingerprint density at radius 3 is 1.50 bits per heavy atom. The van der Waals surface area contributed by atoms with Gasteiger partial charge in [-0.2, -0.15) is 0 Å². The molecule has 0 heterocycles. The fourth-order valence-electron chi connectivity index (χ4n) is 2.13. The molecule has 2 aromatic rings. The number of fused-ring (bicyclic) bond motifs is 1. The van der Waals surface area contributed by atoms with Crippen LogP contribution < -0.4 is 139 Å². The predicted octanol–water partition coefficient (Wildman–Crippen LogP) is -15.7. The first kappa shape index (κ1) is 31.3. The van der Waals surface area contributed by atoms with E-state index in [4.69, 9.17) is 0 Å². The SMILES string of the molecule is O=C([O-])c1cc(C(=O)[O-])c2c(C(=O)[O-])c(C(=O)[O-])ccc2c1.[Na+].[Na+].[Na+].[Na+]. The van der Waals surface area contributed by atoms with Crippen molar-refractivity contribution in [2.75, 3.05) is 0 Å². The average molecular weight is 392 g/mol. The van der Waals surface area contributed by atoms with Crippen LogP contribution in [0.5, 0.6) is 0 Å². The minimum Gasteiger partial charge on any atom is -0.545 e. The number of hydrogen-bond acceptors (Lipinski definition) is 8. The zero-order valence-corrected chi connectivity index (χ0v) is 22.6. The molecule has 2 rings (SSSR count). The first-order valence-corrected chi connectivity index (χ1v) is 5.70. The van der Waals surface area contributed by atoms with Crippen LogP contribution >= 0.6 is 0 Å². The van der Waals surface area contributed by atoms with E-state index in [2.05, 4.69) is 0 Å². The summed E-state index contributed by atoms with van der Waals surface area (Å²) in [5.41, 5.74) is -3.06. The van der Waals surface area contributed by atoms with E-state index < -0.39 is 51.5 Å². The minimum absolute atomic E-state index is 0. The summed E-state index contributed by atoms with van der Waals surface area (Å²) in [6.45, 7) is 0. The molecule has 0 aliphatic rings. The monoisotopic (exact) mass is 392 g/mol. The summed E-state index contributed by atoms with van der Waals surface area (Å²) >= 11 is 0. The van der Waals surface area contributed by atoms with Crippen molar-refractivity contribution in [2.45, 2.75) is 0 Å². The Labute approximate surface area is 235 Å². The molecule has 0 radical (unpaired) electrons.